The number of amides is 1. The molecule has 0 heterocycles. The molecule has 2 rings (SSSR count). The van der Waals surface area contributed by atoms with Gasteiger partial charge < -0.3 is 25.9 Å². The van der Waals surface area contributed by atoms with Crippen molar-refractivity contribution in [2.24, 2.45) is 16.6 Å². The second kappa shape index (κ2) is 10.1. The number of carbonyl (C=O) groups is 1. The molecule has 0 bridgehead atoms. The molecule has 144 valence electrons. The maximum atomic E-state index is 12.8. The molecule has 8 heteroatoms. The summed E-state index contributed by atoms with van der Waals surface area (Å²) in [5.41, 5.74) is 10.9. The highest BCUT2D eigenvalue weighted by Gasteiger charge is 2.23. The Morgan fingerprint density at radius 3 is 2.65 bits per heavy atom. The van der Waals surface area contributed by atoms with E-state index in [0.29, 0.717) is 42.0 Å². The summed E-state index contributed by atoms with van der Waals surface area (Å²) >= 11 is 6.16. The topological polar surface area (TPSA) is 103 Å². The molecule has 0 radical (unpaired) electrons. The maximum absolute atomic E-state index is 12.8. The number of ether oxygens (including phenoxy) is 1. The number of nitrogens with two attached hydrogens (primary N) is 2. The number of guanidine groups is 1. The van der Waals surface area contributed by atoms with Crippen LogP contribution in [0.3, 0.4) is 0 Å². The lowest BCUT2D eigenvalue weighted by Crippen LogP contribution is -2.38. The van der Waals surface area contributed by atoms with E-state index in [1.165, 1.54) is 19.3 Å². The Morgan fingerprint density at radius 2 is 1.96 bits per heavy atom. The van der Waals surface area contributed by atoms with Gasteiger partial charge in [0.2, 0.25) is 5.96 Å². The lowest BCUT2D eigenvalue weighted by molar-refractivity contribution is 0.0695. The van der Waals surface area contributed by atoms with Crippen molar-refractivity contribution in [3.05, 3.63) is 28.8 Å². The molecule has 0 atom stereocenters. The standard InChI is InChI=1S/C18H27ClN4O3/c1-23(15-6-3-2-4-7-15)17(24)13-10-14(19)12-16(11-13)25-8-5-9-26-22-18(20)21/h10-12,15H,2-9H2,1H3,(H4,20,21,22). The summed E-state index contributed by atoms with van der Waals surface area (Å²) in [5.74, 6) is 0.408. The Bertz CT molecular complexity index is 629. The SMILES string of the molecule is CN(C(=O)c1cc(Cl)cc(OCCCON=C(N)N)c1)C1CCCCC1. The van der Waals surface area contributed by atoms with Gasteiger partial charge in [0, 0.05) is 30.1 Å². The lowest BCUT2D eigenvalue weighted by Gasteiger charge is -2.31. The molecule has 1 aromatic carbocycles. The van der Waals surface area contributed by atoms with E-state index in [1.807, 2.05) is 11.9 Å². The average Bonchev–Trinajstić information content (AvgIpc) is 2.63. The number of carbonyl (C=O) groups excluding carboxylic acids is 1. The average molecular weight is 383 g/mol. The summed E-state index contributed by atoms with van der Waals surface area (Å²) in [6.45, 7) is 0.723. The number of hydrogen-bond acceptors (Lipinski definition) is 4. The van der Waals surface area contributed by atoms with Gasteiger partial charge in [-0.3, -0.25) is 4.79 Å². The molecule has 7 nitrogen and oxygen atoms in total. The number of oxime groups is 1. The Morgan fingerprint density at radius 1 is 1.23 bits per heavy atom. The van der Waals surface area contributed by atoms with Crippen LogP contribution in [0.15, 0.2) is 23.4 Å². The van der Waals surface area contributed by atoms with Crippen LogP contribution in [0.1, 0.15) is 48.9 Å². The second-order valence-corrected chi connectivity index (χ2v) is 6.87. The first-order valence-electron chi connectivity index (χ1n) is 8.89. The first-order valence-corrected chi connectivity index (χ1v) is 9.26. The van der Waals surface area contributed by atoms with Crippen molar-refractivity contribution in [2.75, 3.05) is 20.3 Å². The smallest absolute Gasteiger partial charge is 0.254 e. The third-order valence-electron chi connectivity index (χ3n) is 4.38. The molecule has 26 heavy (non-hydrogen) atoms. The predicted molar refractivity (Wildman–Crippen MR) is 102 cm³/mol. The minimum atomic E-state index is -0.119. The molecule has 0 unspecified atom stereocenters. The summed E-state index contributed by atoms with van der Waals surface area (Å²) < 4.78 is 5.66. The van der Waals surface area contributed by atoms with Gasteiger partial charge in [-0.05, 0) is 36.2 Å². The van der Waals surface area contributed by atoms with Crippen LogP contribution in [0, 0.1) is 0 Å². The fourth-order valence-corrected chi connectivity index (χ4v) is 3.27. The Kier molecular flexibility index (Phi) is 7.84. The first kappa shape index (κ1) is 20.2. The molecule has 4 N–H and O–H groups in total. The summed E-state index contributed by atoms with van der Waals surface area (Å²) in [5, 5.41) is 3.90. The van der Waals surface area contributed by atoms with E-state index in [2.05, 4.69) is 5.16 Å². The van der Waals surface area contributed by atoms with Crippen molar-refractivity contribution in [2.45, 2.75) is 44.6 Å². The Hall–Kier alpha value is -2.15. The van der Waals surface area contributed by atoms with Crippen molar-refractivity contribution in [3.8, 4) is 5.75 Å². The highest BCUT2D eigenvalue weighted by atomic mass is 35.5. The zero-order chi connectivity index (χ0) is 18.9. The number of rotatable bonds is 8. The van der Waals surface area contributed by atoms with E-state index in [0.717, 1.165) is 12.8 Å². The van der Waals surface area contributed by atoms with Gasteiger partial charge in [-0.2, -0.15) is 0 Å². The van der Waals surface area contributed by atoms with E-state index in [1.54, 1.807) is 18.2 Å². The Labute approximate surface area is 159 Å². The van der Waals surface area contributed by atoms with E-state index in [4.69, 9.17) is 32.6 Å². The normalized spacial score (nSPS) is 14.5. The molecule has 1 fully saturated rings. The summed E-state index contributed by atoms with van der Waals surface area (Å²) in [6, 6.07) is 5.39. The lowest BCUT2D eigenvalue weighted by atomic mass is 9.94. The molecular formula is C18H27ClN4O3. The minimum absolute atomic E-state index is 0.0275. The summed E-state index contributed by atoms with van der Waals surface area (Å²) in [4.78, 5) is 19.5. The maximum Gasteiger partial charge on any atom is 0.254 e. The fourth-order valence-electron chi connectivity index (χ4n) is 3.04. The quantitative estimate of drug-likeness (QED) is 0.311. The molecule has 1 amide bonds. The van der Waals surface area contributed by atoms with Gasteiger partial charge in [0.15, 0.2) is 0 Å². The molecule has 0 aliphatic heterocycles. The third kappa shape index (κ3) is 6.29. The van der Waals surface area contributed by atoms with Gasteiger partial charge in [0.1, 0.15) is 12.4 Å². The van der Waals surface area contributed by atoms with Crippen LogP contribution in [-0.2, 0) is 4.84 Å². The predicted octanol–water partition coefficient (Wildman–Crippen LogP) is 2.72. The molecule has 0 aromatic heterocycles. The zero-order valence-corrected chi connectivity index (χ0v) is 15.9. The van der Waals surface area contributed by atoms with Gasteiger partial charge in [0.25, 0.3) is 5.91 Å². The monoisotopic (exact) mass is 382 g/mol. The number of benzene rings is 1. The van der Waals surface area contributed by atoms with Crippen molar-refractivity contribution >= 4 is 23.5 Å². The zero-order valence-electron chi connectivity index (χ0n) is 15.1. The molecule has 1 aromatic rings. The van der Waals surface area contributed by atoms with Gasteiger partial charge in [-0.1, -0.05) is 30.9 Å². The number of halogens is 1. The van der Waals surface area contributed by atoms with Crippen LogP contribution in [0.2, 0.25) is 5.02 Å². The first-order chi connectivity index (χ1) is 12.5. The highest BCUT2D eigenvalue weighted by Crippen LogP contribution is 2.26. The highest BCUT2D eigenvalue weighted by molar-refractivity contribution is 6.31. The second-order valence-electron chi connectivity index (χ2n) is 6.43. The van der Waals surface area contributed by atoms with E-state index >= 15 is 0 Å². The van der Waals surface area contributed by atoms with Crippen LogP contribution in [-0.4, -0.2) is 43.1 Å². The summed E-state index contributed by atoms with van der Waals surface area (Å²) in [6.07, 6.45) is 6.31. The molecule has 0 saturated heterocycles. The van der Waals surface area contributed by atoms with Crippen molar-refractivity contribution in [1.82, 2.24) is 4.90 Å². The molecule has 1 aliphatic rings. The van der Waals surface area contributed by atoms with Crippen LogP contribution in [0.4, 0.5) is 0 Å². The van der Waals surface area contributed by atoms with Crippen molar-refractivity contribution in [3.63, 3.8) is 0 Å². The van der Waals surface area contributed by atoms with Crippen LogP contribution < -0.4 is 16.2 Å². The van der Waals surface area contributed by atoms with Crippen LogP contribution in [0.5, 0.6) is 5.75 Å². The number of hydrogen-bond donors (Lipinski definition) is 2. The molecule has 1 aliphatic carbocycles. The minimum Gasteiger partial charge on any atom is -0.493 e. The third-order valence-corrected chi connectivity index (χ3v) is 4.60. The largest absolute Gasteiger partial charge is 0.493 e. The molecule has 0 spiro atoms. The van der Waals surface area contributed by atoms with Crippen molar-refractivity contribution < 1.29 is 14.4 Å². The molecule has 1 saturated carbocycles. The van der Waals surface area contributed by atoms with E-state index in [9.17, 15) is 4.79 Å². The fraction of sp³-hybridized carbons (Fsp3) is 0.556. The summed E-state index contributed by atoms with van der Waals surface area (Å²) in [7, 11) is 1.86. The number of nitrogens with zero attached hydrogens (tertiary/aromatic N) is 2. The molecular weight excluding hydrogens is 356 g/mol. The van der Waals surface area contributed by atoms with Crippen LogP contribution >= 0.6 is 11.6 Å². The van der Waals surface area contributed by atoms with E-state index < -0.39 is 0 Å². The van der Waals surface area contributed by atoms with Crippen molar-refractivity contribution in [1.29, 1.82) is 0 Å². The van der Waals surface area contributed by atoms with Gasteiger partial charge in [-0.25, -0.2) is 0 Å². The Balaban J connectivity index is 1.91. The van der Waals surface area contributed by atoms with Gasteiger partial charge >= 0.3 is 0 Å². The van der Waals surface area contributed by atoms with Crippen LogP contribution in [0.25, 0.3) is 0 Å². The van der Waals surface area contributed by atoms with Gasteiger partial charge in [-0.15, -0.1) is 0 Å². The van der Waals surface area contributed by atoms with Gasteiger partial charge in [0.05, 0.1) is 6.61 Å². The van der Waals surface area contributed by atoms with E-state index in [-0.39, 0.29) is 11.9 Å².